The molecule has 0 bridgehead atoms. The zero-order valence-electron chi connectivity index (χ0n) is 13.5. The zero-order valence-corrected chi connectivity index (χ0v) is 13.5. The average Bonchev–Trinajstić information content (AvgIpc) is 2.66. The second-order valence-electron chi connectivity index (χ2n) is 5.77. The second-order valence-corrected chi connectivity index (χ2v) is 5.77. The molecule has 0 saturated carbocycles. The maximum atomic E-state index is 12.7. The number of para-hydroxylation sites is 1. The number of rotatable bonds is 3. The maximum Gasteiger partial charge on any atom is 0.270 e. The molecule has 0 aromatic heterocycles. The normalized spacial score (nSPS) is 17.1. The summed E-state index contributed by atoms with van der Waals surface area (Å²) in [4.78, 5) is 38.6. The van der Waals surface area contributed by atoms with Gasteiger partial charge in [-0.1, -0.05) is 42.0 Å². The van der Waals surface area contributed by atoms with Crippen LogP contribution in [0.2, 0.25) is 0 Å². The van der Waals surface area contributed by atoms with Crippen LogP contribution in [0.1, 0.15) is 33.2 Å². The lowest BCUT2D eigenvalue weighted by Crippen LogP contribution is -2.44. The Morgan fingerprint density at radius 1 is 1.08 bits per heavy atom. The molecule has 0 aliphatic carbocycles. The standard InChI is InChI=1S/C19H17NO4/c1-12-7-9-14(10-8-12)16(21)11-20-18(22)13(2)24-17-6-4-3-5-15(17)19(20)23/h3-10,13H,11H2,1-2H3. The van der Waals surface area contributed by atoms with Gasteiger partial charge in [0.25, 0.3) is 11.8 Å². The van der Waals surface area contributed by atoms with Gasteiger partial charge in [-0.3, -0.25) is 19.3 Å². The fraction of sp³-hybridized carbons (Fsp3) is 0.211. The molecule has 0 fully saturated rings. The molecule has 122 valence electrons. The number of carbonyl (C=O) groups excluding carboxylic acids is 3. The van der Waals surface area contributed by atoms with Crippen LogP contribution in [0.15, 0.2) is 48.5 Å². The maximum absolute atomic E-state index is 12.7. The summed E-state index contributed by atoms with van der Waals surface area (Å²) in [5, 5.41) is 0. The largest absolute Gasteiger partial charge is 0.480 e. The van der Waals surface area contributed by atoms with Gasteiger partial charge < -0.3 is 4.74 Å². The van der Waals surface area contributed by atoms with Gasteiger partial charge in [0.2, 0.25) is 0 Å². The molecule has 0 saturated heterocycles. The molecule has 24 heavy (non-hydrogen) atoms. The highest BCUT2D eigenvalue weighted by Gasteiger charge is 2.35. The number of hydrogen-bond donors (Lipinski definition) is 0. The van der Waals surface area contributed by atoms with Crippen molar-refractivity contribution in [3.8, 4) is 5.75 Å². The van der Waals surface area contributed by atoms with Crippen LogP contribution in [0.5, 0.6) is 5.75 Å². The number of ether oxygens (including phenoxy) is 1. The Bertz CT molecular complexity index is 810. The highest BCUT2D eigenvalue weighted by Crippen LogP contribution is 2.25. The number of imide groups is 1. The summed E-state index contributed by atoms with van der Waals surface area (Å²) in [5.74, 6) is -0.964. The molecule has 1 heterocycles. The fourth-order valence-electron chi connectivity index (χ4n) is 2.58. The fourth-order valence-corrected chi connectivity index (χ4v) is 2.58. The van der Waals surface area contributed by atoms with Crippen molar-refractivity contribution >= 4 is 17.6 Å². The molecule has 5 nitrogen and oxygen atoms in total. The summed E-state index contributed by atoms with van der Waals surface area (Å²) >= 11 is 0. The summed E-state index contributed by atoms with van der Waals surface area (Å²) in [6, 6.07) is 13.7. The van der Waals surface area contributed by atoms with Crippen LogP contribution in [-0.2, 0) is 4.79 Å². The molecule has 1 aliphatic rings. The van der Waals surface area contributed by atoms with Gasteiger partial charge in [-0.15, -0.1) is 0 Å². The van der Waals surface area contributed by atoms with Crippen LogP contribution in [0.4, 0.5) is 0 Å². The summed E-state index contributed by atoms with van der Waals surface area (Å²) in [5.41, 5.74) is 1.78. The summed E-state index contributed by atoms with van der Waals surface area (Å²) < 4.78 is 5.55. The third kappa shape index (κ3) is 2.93. The van der Waals surface area contributed by atoms with E-state index in [4.69, 9.17) is 4.74 Å². The quantitative estimate of drug-likeness (QED) is 0.643. The molecular formula is C19H17NO4. The van der Waals surface area contributed by atoms with E-state index in [0.29, 0.717) is 11.3 Å². The van der Waals surface area contributed by atoms with Crippen LogP contribution < -0.4 is 4.74 Å². The van der Waals surface area contributed by atoms with E-state index in [-0.39, 0.29) is 17.9 Å². The Morgan fingerprint density at radius 2 is 1.75 bits per heavy atom. The van der Waals surface area contributed by atoms with E-state index in [1.54, 1.807) is 43.3 Å². The summed E-state index contributed by atoms with van der Waals surface area (Å²) in [7, 11) is 0. The average molecular weight is 323 g/mol. The molecule has 2 aromatic carbocycles. The first-order chi connectivity index (χ1) is 11.5. The Hall–Kier alpha value is -2.95. The summed E-state index contributed by atoms with van der Waals surface area (Å²) in [6.07, 6.45) is -0.830. The molecule has 3 rings (SSSR count). The first-order valence-corrected chi connectivity index (χ1v) is 7.68. The van der Waals surface area contributed by atoms with E-state index in [1.807, 2.05) is 19.1 Å². The van der Waals surface area contributed by atoms with Gasteiger partial charge in [-0.2, -0.15) is 0 Å². The SMILES string of the molecule is Cc1ccc(C(=O)CN2C(=O)c3ccccc3OC(C)C2=O)cc1. The van der Waals surface area contributed by atoms with Gasteiger partial charge in [0.15, 0.2) is 11.9 Å². The first kappa shape index (κ1) is 15.9. The highest BCUT2D eigenvalue weighted by molar-refractivity contribution is 6.12. The van der Waals surface area contributed by atoms with Crippen molar-refractivity contribution in [1.29, 1.82) is 0 Å². The molecule has 0 radical (unpaired) electrons. The molecular weight excluding hydrogens is 306 g/mol. The Balaban J connectivity index is 1.91. The van der Waals surface area contributed by atoms with Crippen LogP contribution >= 0.6 is 0 Å². The molecule has 1 aliphatic heterocycles. The van der Waals surface area contributed by atoms with Gasteiger partial charge in [-0.25, -0.2) is 0 Å². The second kappa shape index (κ2) is 6.28. The van der Waals surface area contributed by atoms with Gasteiger partial charge in [-0.05, 0) is 26.0 Å². The number of benzene rings is 2. The van der Waals surface area contributed by atoms with E-state index in [1.165, 1.54) is 0 Å². The topological polar surface area (TPSA) is 63.7 Å². The van der Waals surface area contributed by atoms with Gasteiger partial charge >= 0.3 is 0 Å². The van der Waals surface area contributed by atoms with Crippen molar-refractivity contribution in [3.63, 3.8) is 0 Å². The zero-order chi connectivity index (χ0) is 17.3. The minimum Gasteiger partial charge on any atom is -0.480 e. The van der Waals surface area contributed by atoms with Crippen LogP contribution in [0, 0.1) is 6.92 Å². The Labute approximate surface area is 139 Å². The van der Waals surface area contributed by atoms with Crippen molar-refractivity contribution in [2.24, 2.45) is 0 Å². The Kier molecular flexibility index (Phi) is 4.16. The molecule has 1 atom stereocenters. The van der Waals surface area contributed by atoms with Crippen molar-refractivity contribution in [3.05, 3.63) is 65.2 Å². The smallest absolute Gasteiger partial charge is 0.270 e. The number of ketones is 1. The lowest BCUT2D eigenvalue weighted by molar-refractivity contribution is -0.134. The molecule has 1 unspecified atom stereocenters. The number of hydrogen-bond acceptors (Lipinski definition) is 4. The van der Waals surface area contributed by atoms with E-state index in [0.717, 1.165) is 10.5 Å². The number of Topliss-reactive ketones (excluding diaryl/α,β-unsaturated/α-hetero) is 1. The van der Waals surface area contributed by atoms with E-state index < -0.39 is 17.9 Å². The lowest BCUT2D eigenvalue weighted by Gasteiger charge is -2.19. The van der Waals surface area contributed by atoms with Crippen molar-refractivity contribution < 1.29 is 19.1 Å². The minimum atomic E-state index is -0.830. The molecule has 2 aromatic rings. The van der Waals surface area contributed by atoms with Crippen molar-refractivity contribution in [1.82, 2.24) is 4.90 Å². The van der Waals surface area contributed by atoms with Gasteiger partial charge in [0.05, 0.1) is 12.1 Å². The van der Waals surface area contributed by atoms with Crippen LogP contribution in [-0.4, -0.2) is 35.1 Å². The highest BCUT2D eigenvalue weighted by atomic mass is 16.5. The number of nitrogens with zero attached hydrogens (tertiary/aromatic N) is 1. The lowest BCUT2D eigenvalue weighted by atomic mass is 10.1. The van der Waals surface area contributed by atoms with Gasteiger partial charge in [0, 0.05) is 5.56 Å². The number of carbonyl (C=O) groups is 3. The number of fused-ring (bicyclic) bond motifs is 1. The van der Waals surface area contributed by atoms with Crippen LogP contribution in [0.3, 0.4) is 0 Å². The minimum absolute atomic E-state index is 0.284. The van der Waals surface area contributed by atoms with Gasteiger partial charge in [0.1, 0.15) is 5.75 Å². The van der Waals surface area contributed by atoms with E-state index in [9.17, 15) is 14.4 Å². The summed E-state index contributed by atoms with van der Waals surface area (Å²) in [6.45, 7) is 3.19. The van der Waals surface area contributed by atoms with Crippen molar-refractivity contribution in [2.45, 2.75) is 20.0 Å². The first-order valence-electron chi connectivity index (χ1n) is 7.68. The molecule has 2 amide bonds. The van der Waals surface area contributed by atoms with E-state index >= 15 is 0 Å². The molecule has 0 N–H and O–H groups in total. The predicted octanol–water partition coefficient (Wildman–Crippen LogP) is 2.63. The number of amides is 2. The predicted molar refractivity (Wildman–Crippen MR) is 88.1 cm³/mol. The third-order valence-electron chi connectivity index (χ3n) is 3.96. The Morgan fingerprint density at radius 3 is 2.46 bits per heavy atom. The third-order valence-corrected chi connectivity index (χ3v) is 3.96. The number of aryl methyl sites for hydroxylation is 1. The van der Waals surface area contributed by atoms with Crippen LogP contribution in [0.25, 0.3) is 0 Å². The monoisotopic (exact) mass is 323 g/mol. The molecule has 0 spiro atoms. The molecule has 5 heteroatoms. The van der Waals surface area contributed by atoms with Crippen molar-refractivity contribution in [2.75, 3.05) is 6.54 Å². The van der Waals surface area contributed by atoms with E-state index in [2.05, 4.69) is 0 Å².